The highest BCUT2D eigenvalue weighted by Gasteiger charge is 2.14. The van der Waals surface area contributed by atoms with Crippen molar-refractivity contribution in [3.63, 3.8) is 0 Å². The van der Waals surface area contributed by atoms with E-state index < -0.39 is 0 Å². The zero-order chi connectivity index (χ0) is 17.9. The molecule has 1 aliphatic rings. The van der Waals surface area contributed by atoms with Gasteiger partial charge < -0.3 is 9.47 Å². The molecular weight excluding hydrogens is 328 g/mol. The fourth-order valence-electron chi connectivity index (χ4n) is 2.96. The standard InChI is InChI=1S/C20H20N4O2/c1-14-4-3-5-16(12-14)17-6-9-24(23-17)19-13-18(21-20(22-19)25-2)15-7-10-26-11-8-15/h3-7,9,12-13H,8,10-11H2,1-2H3. The molecule has 0 spiro atoms. The number of rotatable bonds is 4. The Balaban J connectivity index is 1.72. The molecule has 1 aromatic carbocycles. The van der Waals surface area contributed by atoms with E-state index >= 15 is 0 Å². The SMILES string of the molecule is COc1nc(C2=CCOCC2)cc(-n2ccc(-c3cccc(C)c3)n2)n1. The van der Waals surface area contributed by atoms with Crippen molar-refractivity contribution in [2.45, 2.75) is 13.3 Å². The average molecular weight is 348 g/mol. The molecule has 1 aliphatic heterocycles. The molecule has 0 fully saturated rings. The Morgan fingerprint density at radius 3 is 2.81 bits per heavy atom. The molecule has 0 bridgehead atoms. The van der Waals surface area contributed by atoms with Gasteiger partial charge in [-0.15, -0.1) is 0 Å². The van der Waals surface area contributed by atoms with Gasteiger partial charge in [0.05, 0.1) is 31.7 Å². The molecule has 0 radical (unpaired) electrons. The molecule has 2 aromatic heterocycles. The fraction of sp³-hybridized carbons (Fsp3) is 0.250. The second-order valence-corrected chi connectivity index (χ2v) is 6.17. The Morgan fingerprint density at radius 1 is 1.12 bits per heavy atom. The third kappa shape index (κ3) is 3.36. The van der Waals surface area contributed by atoms with Crippen molar-refractivity contribution in [1.82, 2.24) is 19.7 Å². The lowest BCUT2D eigenvalue weighted by Crippen LogP contribution is -2.08. The Labute approximate surface area is 152 Å². The van der Waals surface area contributed by atoms with Crippen LogP contribution in [0.3, 0.4) is 0 Å². The third-order valence-electron chi connectivity index (χ3n) is 4.30. The van der Waals surface area contributed by atoms with E-state index in [0.29, 0.717) is 25.0 Å². The number of ether oxygens (including phenoxy) is 2. The summed E-state index contributed by atoms with van der Waals surface area (Å²) in [5, 5.41) is 4.68. The summed E-state index contributed by atoms with van der Waals surface area (Å²) in [6.45, 7) is 3.38. The summed E-state index contributed by atoms with van der Waals surface area (Å²) in [7, 11) is 1.57. The molecule has 0 N–H and O–H groups in total. The van der Waals surface area contributed by atoms with E-state index in [1.807, 2.05) is 24.4 Å². The number of hydrogen-bond donors (Lipinski definition) is 0. The first-order valence-electron chi connectivity index (χ1n) is 8.56. The van der Waals surface area contributed by atoms with Crippen LogP contribution in [0.5, 0.6) is 6.01 Å². The smallest absolute Gasteiger partial charge is 0.318 e. The minimum Gasteiger partial charge on any atom is -0.467 e. The Hall–Kier alpha value is -2.99. The third-order valence-corrected chi connectivity index (χ3v) is 4.30. The van der Waals surface area contributed by atoms with Gasteiger partial charge >= 0.3 is 6.01 Å². The molecule has 26 heavy (non-hydrogen) atoms. The second-order valence-electron chi connectivity index (χ2n) is 6.17. The zero-order valence-electron chi connectivity index (χ0n) is 14.8. The maximum absolute atomic E-state index is 5.39. The Morgan fingerprint density at radius 2 is 2.04 bits per heavy atom. The number of aromatic nitrogens is 4. The van der Waals surface area contributed by atoms with Crippen LogP contribution in [0.15, 0.2) is 48.7 Å². The van der Waals surface area contributed by atoms with Crippen molar-refractivity contribution in [2.24, 2.45) is 0 Å². The number of benzene rings is 1. The molecule has 0 atom stereocenters. The normalized spacial score (nSPS) is 14.2. The van der Waals surface area contributed by atoms with Crippen LogP contribution < -0.4 is 4.74 Å². The van der Waals surface area contributed by atoms with Crippen LogP contribution in [-0.2, 0) is 4.74 Å². The minimum absolute atomic E-state index is 0.331. The monoisotopic (exact) mass is 348 g/mol. The van der Waals surface area contributed by atoms with E-state index in [9.17, 15) is 0 Å². The average Bonchev–Trinajstić information content (AvgIpc) is 3.19. The fourth-order valence-corrected chi connectivity index (χ4v) is 2.96. The summed E-state index contributed by atoms with van der Waals surface area (Å²) >= 11 is 0. The van der Waals surface area contributed by atoms with E-state index in [-0.39, 0.29) is 0 Å². The predicted molar refractivity (Wildman–Crippen MR) is 99.3 cm³/mol. The number of methoxy groups -OCH3 is 1. The molecule has 0 aliphatic carbocycles. The molecule has 6 heteroatoms. The molecule has 6 nitrogen and oxygen atoms in total. The maximum atomic E-state index is 5.39. The molecule has 3 aromatic rings. The molecule has 0 saturated carbocycles. The maximum Gasteiger partial charge on any atom is 0.318 e. The van der Waals surface area contributed by atoms with Crippen LogP contribution in [0.4, 0.5) is 0 Å². The molecule has 0 amide bonds. The quantitative estimate of drug-likeness (QED) is 0.723. The summed E-state index contributed by atoms with van der Waals surface area (Å²) in [6, 6.07) is 12.5. The molecular formula is C20H20N4O2. The van der Waals surface area contributed by atoms with Crippen molar-refractivity contribution < 1.29 is 9.47 Å². The van der Waals surface area contributed by atoms with Crippen LogP contribution in [0.2, 0.25) is 0 Å². The first-order chi connectivity index (χ1) is 12.7. The lowest BCUT2D eigenvalue weighted by atomic mass is 10.1. The molecule has 4 rings (SSSR count). The van der Waals surface area contributed by atoms with E-state index in [2.05, 4.69) is 46.3 Å². The van der Waals surface area contributed by atoms with Gasteiger partial charge in [0.25, 0.3) is 0 Å². The van der Waals surface area contributed by atoms with Crippen LogP contribution in [0.1, 0.15) is 17.7 Å². The van der Waals surface area contributed by atoms with Crippen molar-refractivity contribution in [3.05, 3.63) is 59.9 Å². The van der Waals surface area contributed by atoms with Crippen LogP contribution >= 0.6 is 0 Å². The molecule has 0 unspecified atom stereocenters. The zero-order valence-corrected chi connectivity index (χ0v) is 14.8. The van der Waals surface area contributed by atoms with E-state index in [4.69, 9.17) is 9.47 Å². The van der Waals surface area contributed by atoms with Gasteiger partial charge in [-0.3, -0.25) is 0 Å². The first kappa shape index (κ1) is 16.5. The summed E-state index contributed by atoms with van der Waals surface area (Å²) in [5.74, 6) is 0.679. The largest absolute Gasteiger partial charge is 0.467 e. The van der Waals surface area contributed by atoms with Gasteiger partial charge in [-0.1, -0.05) is 29.8 Å². The summed E-state index contributed by atoms with van der Waals surface area (Å²) in [5.41, 5.74) is 5.18. The van der Waals surface area contributed by atoms with Crippen molar-refractivity contribution in [3.8, 4) is 23.1 Å². The highest BCUT2D eigenvalue weighted by molar-refractivity contribution is 5.65. The van der Waals surface area contributed by atoms with E-state index in [1.165, 1.54) is 5.56 Å². The number of hydrogen-bond acceptors (Lipinski definition) is 5. The van der Waals surface area contributed by atoms with Gasteiger partial charge in [-0.05, 0) is 31.1 Å². The highest BCUT2D eigenvalue weighted by atomic mass is 16.5. The molecule has 3 heterocycles. The highest BCUT2D eigenvalue weighted by Crippen LogP contribution is 2.24. The number of nitrogens with zero attached hydrogens (tertiary/aromatic N) is 4. The molecule has 0 saturated heterocycles. The van der Waals surface area contributed by atoms with Gasteiger partial charge in [0.2, 0.25) is 0 Å². The Kier molecular flexibility index (Phi) is 4.50. The van der Waals surface area contributed by atoms with Crippen molar-refractivity contribution in [2.75, 3.05) is 20.3 Å². The van der Waals surface area contributed by atoms with Gasteiger partial charge in [0.1, 0.15) is 0 Å². The van der Waals surface area contributed by atoms with Gasteiger partial charge in [0.15, 0.2) is 5.82 Å². The van der Waals surface area contributed by atoms with Gasteiger partial charge in [0, 0.05) is 17.8 Å². The lowest BCUT2D eigenvalue weighted by Gasteiger charge is -2.14. The summed E-state index contributed by atoms with van der Waals surface area (Å²) in [4.78, 5) is 8.93. The predicted octanol–water partition coefficient (Wildman–Crippen LogP) is 3.45. The minimum atomic E-state index is 0.331. The van der Waals surface area contributed by atoms with Crippen molar-refractivity contribution >= 4 is 5.57 Å². The summed E-state index contributed by atoms with van der Waals surface area (Å²) < 4.78 is 12.4. The van der Waals surface area contributed by atoms with E-state index in [0.717, 1.165) is 28.9 Å². The second kappa shape index (κ2) is 7.09. The van der Waals surface area contributed by atoms with Crippen LogP contribution in [0.25, 0.3) is 22.6 Å². The van der Waals surface area contributed by atoms with Gasteiger partial charge in [-0.2, -0.15) is 15.1 Å². The van der Waals surface area contributed by atoms with E-state index in [1.54, 1.807) is 11.8 Å². The van der Waals surface area contributed by atoms with Crippen molar-refractivity contribution in [1.29, 1.82) is 0 Å². The van der Waals surface area contributed by atoms with Crippen LogP contribution in [0, 0.1) is 6.92 Å². The molecule has 132 valence electrons. The Bertz CT molecular complexity index is 962. The topological polar surface area (TPSA) is 62.1 Å². The van der Waals surface area contributed by atoms with Crippen LogP contribution in [-0.4, -0.2) is 40.1 Å². The summed E-state index contributed by atoms with van der Waals surface area (Å²) in [6.07, 6.45) is 4.78. The number of aryl methyl sites for hydroxylation is 1. The first-order valence-corrected chi connectivity index (χ1v) is 8.56. The van der Waals surface area contributed by atoms with Gasteiger partial charge in [-0.25, -0.2) is 4.68 Å². The lowest BCUT2D eigenvalue weighted by molar-refractivity contribution is 0.161.